The van der Waals surface area contributed by atoms with Gasteiger partial charge in [-0.2, -0.15) is 5.10 Å². The van der Waals surface area contributed by atoms with Gasteiger partial charge in [-0.25, -0.2) is 4.68 Å². The van der Waals surface area contributed by atoms with Crippen molar-refractivity contribution in [1.82, 2.24) is 25.3 Å². The quantitative estimate of drug-likeness (QED) is 0.768. The highest BCUT2D eigenvalue weighted by molar-refractivity contribution is 5.92. The summed E-state index contributed by atoms with van der Waals surface area (Å²) in [4.78, 5) is 11.9. The molecule has 3 aromatic heterocycles. The molecule has 3 rings (SSSR count). The molecule has 100 valence electrons. The van der Waals surface area contributed by atoms with Crippen LogP contribution in [0.3, 0.4) is 0 Å². The monoisotopic (exact) mass is 269 g/mol. The highest BCUT2D eigenvalue weighted by atomic mass is 16.3. The topological polar surface area (TPSA) is 85.8 Å². The second-order valence-electron chi connectivity index (χ2n) is 3.99. The number of furan rings is 1. The van der Waals surface area contributed by atoms with Gasteiger partial charge in [-0.1, -0.05) is 0 Å². The molecule has 0 aliphatic heterocycles. The number of carbonyl (C=O) groups is 1. The first-order valence-corrected chi connectivity index (χ1v) is 5.97. The minimum absolute atomic E-state index is 0.243. The Hall–Kier alpha value is -2.96. The molecular weight excluding hydrogens is 258 g/mol. The lowest BCUT2D eigenvalue weighted by Crippen LogP contribution is -2.24. The summed E-state index contributed by atoms with van der Waals surface area (Å²) in [5.41, 5.74) is 0.243. The molecule has 0 aliphatic carbocycles. The van der Waals surface area contributed by atoms with E-state index < -0.39 is 0 Å². The fourth-order valence-electron chi connectivity index (χ4n) is 1.64. The molecule has 0 radical (unpaired) electrons. The maximum atomic E-state index is 11.9. The minimum Gasteiger partial charge on any atom is -0.467 e. The summed E-state index contributed by atoms with van der Waals surface area (Å²) >= 11 is 0. The molecule has 0 unspecified atom stereocenters. The van der Waals surface area contributed by atoms with Crippen LogP contribution in [0.2, 0.25) is 0 Å². The van der Waals surface area contributed by atoms with Crippen molar-refractivity contribution in [2.45, 2.75) is 6.54 Å². The Bertz CT molecular complexity index is 674. The van der Waals surface area contributed by atoms with Crippen molar-refractivity contribution in [2.24, 2.45) is 0 Å². The lowest BCUT2D eigenvalue weighted by Gasteiger charge is -2.03. The van der Waals surface area contributed by atoms with Crippen molar-refractivity contribution < 1.29 is 9.21 Å². The van der Waals surface area contributed by atoms with E-state index in [4.69, 9.17) is 4.42 Å². The highest BCUT2D eigenvalue weighted by Gasteiger charge is 2.09. The predicted molar refractivity (Wildman–Crippen MR) is 69.0 cm³/mol. The molecule has 1 amide bonds. The molecule has 3 aromatic rings. The van der Waals surface area contributed by atoms with Gasteiger partial charge in [-0.3, -0.25) is 4.79 Å². The summed E-state index contributed by atoms with van der Waals surface area (Å²) in [7, 11) is 0. The molecule has 7 nitrogen and oxygen atoms in total. The number of aromatic nitrogens is 4. The SMILES string of the molecule is O=C(NCc1ccco1)c1ccc(-n2cccn2)nn1. The first kappa shape index (κ1) is 12.1. The number of nitrogens with one attached hydrogen (secondary N) is 1. The second kappa shape index (κ2) is 5.35. The van der Waals surface area contributed by atoms with Crippen molar-refractivity contribution in [3.63, 3.8) is 0 Å². The van der Waals surface area contributed by atoms with Crippen LogP contribution >= 0.6 is 0 Å². The predicted octanol–water partition coefficient (Wildman–Crippen LogP) is 1.19. The van der Waals surface area contributed by atoms with Gasteiger partial charge < -0.3 is 9.73 Å². The Kier molecular flexibility index (Phi) is 3.24. The van der Waals surface area contributed by atoms with Crippen LogP contribution in [-0.4, -0.2) is 25.9 Å². The number of amides is 1. The third-order valence-electron chi connectivity index (χ3n) is 2.63. The second-order valence-corrected chi connectivity index (χ2v) is 3.99. The Morgan fingerprint density at radius 2 is 2.20 bits per heavy atom. The maximum absolute atomic E-state index is 11.9. The lowest BCUT2D eigenvalue weighted by molar-refractivity contribution is 0.0942. The fourth-order valence-corrected chi connectivity index (χ4v) is 1.64. The van der Waals surface area contributed by atoms with Crippen LogP contribution in [-0.2, 0) is 6.54 Å². The molecule has 20 heavy (non-hydrogen) atoms. The summed E-state index contributed by atoms with van der Waals surface area (Å²) in [5.74, 6) is 0.929. The van der Waals surface area contributed by atoms with E-state index in [1.165, 1.54) is 0 Å². The van der Waals surface area contributed by atoms with E-state index in [1.54, 1.807) is 53.7 Å². The smallest absolute Gasteiger partial charge is 0.272 e. The molecule has 0 fully saturated rings. The van der Waals surface area contributed by atoms with E-state index in [-0.39, 0.29) is 11.6 Å². The minimum atomic E-state index is -0.305. The van der Waals surface area contributed by atoms with Gasteiger partial charge in [-0.05, 0) is 30.3 Å². The van der Waals surface area contributed by atoms with E-state index in [2.05, 4.69) is 20.6 Å². The van der Waals surface area contributed by atoms with Crippen molar-refractivity contribution >= 4 is 5.91 Å². The van der Waals surface area contributed by atoms with Crippen molar-refractivity contribution in [3.8, 4) is 5.82 Å². The molecule has 1 N–H and O–H groups in total. The van der Waals surface area contributed by atoms with Gasteiger partial charge in [-0.15, -0.1) is 10.2 Å². The molecule has 3 heterocycles. The Labute approximate surface area is 114 Å². The summed E-state index contributed by atoms with van der Waals surface area (Å²) < 4.78 is 6.69. The van der Waals surface area contributed by atoms with Crippen LogP contribution in [0.1, 0.15) is 16.2 Å². The van der Waals surface area contributed by atoms with Gasteiger partial charge in [0.05, 0.1) is 12.8 Å². The van der Waals surface area contributed by atoms with Gasteiger partial charge >= 0.3 is 0 Å². The zero-order chi connectivity index (χ0) is 13.8. The Balaban J connectivity index is 1.66. The van der Waals surface area contributed by atoms with Crippen LogP contribution in [0, 0.1) is 0 Å². The van der Waals surface area contributed by atoms with E-state index >= 15 is 0 Å². The maximum Gasteiger partial charge on any atom is 0.272 e. The molecule has 0 saturated carbocycles. The van der Waals surface area contributed by atoms with Crippen LogP contribution in [0.15, 0.2) is 53.4 Å². The van der Waals surface area contributed by atoms with Crippen LogP contribution in [0.25, 0.3) is 5.82 Å². The summed E-state index contributed by atoms with van der Waals surface area (Å²) in [6, 6.07) is 8.61. The van der Waals surface area contributed by atoms with Crippen molar-refractivity contribution in [3.05, 3.63) is 60.4 Å². The third kappa shape index (κ3) is 2.56. The molecule has 0 atom stereocenters. The highest BCUT2D eigenvalue weighted by Crippen LogP contribution is 2.03. The average molecular weight is 269 g/mol. The number of carbonyl (C=O) groups excluding carboxylic acids is 1. The summed E-state index contributed by atoms with van der Waals surface area (Å²) in [5, 5.41) is 14.6. The number of hydrogen-bond acceptors (Lipinski definition) is 5. The molecule has 0 saturated heterocycles. The average Bonchev–Trinajstić information content (AvgIpc) is 3.18. The first-order chi connectivity index (χ1) is 9.83. The van der Waals surface area contributed by atoms with E-state index in [9.17, 15) is 4.79 Å². The molecule has 7 heteroatoms. The number of nitrogens with zero attached hydrogens (tertiary/aromatic N) is 4. The zero-order valence-electron chi connectivity index (χ0n) is 10.4. The van der Waals surface area contributed by atoms with Gasteiger partial charge in [0.2, 0.25) is 0 Å². The lowest BCUT2D eigenvalue weighted by atomic mass is 10.3. The summed E-state index contributed by atoms with van der Waals surface area (Å²) in [6.45, 7) is 0.314. The summed E-state index contributed by atoms with van der Waals surface area (Å²) in [6.07, 6.45) is 4.95. The van der Waals surface area contributed by atoms with Crippen LogP contribution in [0.5, 0.6) is 0 Å². The molecule has 0 spiro atoms. The molecular formula is C13H11N5O2. The van der Waals surface area contributed by atoms with Gasteiger partial charge in [0, 0.05) is 12.4 Å². The van der Waals surface area contributed by atoms with Crippen molar-refractivity contribution in [2.75, 3.05) is 0 Å². The number of hydrogen-bond donors (Lipinski definition) is 1. The molecule has 0 aromatic carbocycles. The largest absolute Gasteiger partial charge is 0.467 e. The molecule has 0 bridgehead atoms. The van der Waals surface area contributed by atoms with Crippen LogP contribution < -0.4 is 5.32 Å². The van der Waals surface area contributed by atoms with Gasteiger partial charge in [0.25, 0.3) is 5.91 Å². The Morgan fingerprint density at radius 3 is 2.85 bits per heavy atom. The van der Waals surface area contributed by atoms with Gasteiger partial charge in [0.15, 0.2) is 11.5 Å². The van der Waals surface area contributed by atoms with Crippen molar-refractivity contribution in [1.29, 1.82) is 0 Å². The van der Waals surface area contributed by atoms with E-state index in [1.807, 2.05) is 0 Å². The number of rotatable bonds is 4. The zero-order valence-corrected chi connectivity index (χ0v) is 10.4. The van der Waals surface area contributed by atoms with E-state index in [0.717, 1.165) is 0 Å². The molecule has 0 aliphatic rings. The normalized spacial score (nSPS) is 10.4. The van der Waals surface area contributed by atoms with Crippen LogP contribution in [0.4, 0.5) is 0 Å². The fraction of sp³-hybridized carbons (Fsp3) is 0.0769. The Morgan fingerprint density at radius 1 is 1.25 bits per heavy atom. The first-order valence-electron chi connectivity index (χ1n) is 5.97. The standard InChI is InChI=1S/C13H11N5O2/c19-13(14-9-10-3-1-8-20-10)11-4-5-12(17-16-11)18-7-2-6-15-18/h1-8H,9H2,(H,14,19). The van der Waals surface area contributed by atoms with Gasteiger partial charge in [0.1, 0.15) is 5.76 Å². The third-order valence-corrected chi connectivity index (χ3v) is 2.63. The van der Waals surface area contributed by atoms with E-state index in [0.29, 0.717) is 18.1 Å².